The average Bonchev–Trinajstić information content (AvgIpc) is 3.00. The number of amides is 1. The molecule has 1 atom stereocenters. The zero-order valence-corrected chi connectivity index (χ0v) is 13.6. The number of carbonyl (C=O) groups excluding carboxylic acids is 1. The Labute approximate surface area is 130 Å². The highest BCUT2D eigenvalue weighted by atomic mass is 32.1. The highest BCUT2D eigenvalue weighted by Gasteiger charge is 2.21. The second-order valence-electron chi connectivity index (χ2n) is 5.82. The van der Waals surface area contributed by atoms with Gasteiger partial charge < -0.3 is 15.3 Å². The lowest BCUT2D eigenvalue weighted by molar-refractivity contribution is -0.130. The quantitative estimate of drug-likeness (QED) is 0.820. The molecule has 1 aliphatic rings. The number of aliphatic hydroxyl groups is 1. The van der Waals surface area contributed by atoms with Gasteiger partial charge in [-0.05, 0) is 35.2 Å². The molecule has 0 bridgehead atoms. The molecule has 1 amide bonds. The van der Waals surface area contributed by atoms with Gasteiger partial charge in [0, 0.05) is 39.8 Å². The molecule has 2 rings (SSSR count). The summed E-state index contributed by atoms with van der Waals surface area (Å²) >= 11 is 1.61. The van der Waals surface area contributed by atoms with Gasteiger partial charge in [-0.2, -0.15) is 11.3 Å². The minimum absolute atomic E-state index is 0.161. The van der Waals surface area contributed by atoms with Crippen molar-refractivity contribution in [1.82, 2.24) is 15.1 Å². The molecule has 21 heavy (non-hydrogen) atoms. The Bertz CT molecular complexity index is 428. The summed E-state index contributed by atoms with van der Waals surface area (Å²) in [4.78, 5) is 15.5. The fraction of sp³-hybridized carbons (Fsp3) is 0.667. The monoisotopic (exact) mass is 311 g/mol. The van der Waals surface area contributed by atoms with Crippen LogP contribution in [0.15, 0.2) is 16.8 Å². The second-order valence-corrected chi connectivity index (χ2v) is 6.60. The zero-order chi connectivity index (χ0) is 15.2. The lowest BCUT2D eigenvalue weighted by atomic mass is 10.0. The molecule has 1 fully saturated rings. The Morgan fingerprint density at radius 2 is 2.24 bits per heavy atom. The van der Waals surface area contributed by atoms with Crippen molar-refractivity contribution in [3.05, 3.63) is 22.4 Å². The van der Waals surface area contributed by atoms with Crippen molar-refractivity contribution in [3.63, 3.8) is 0 Å². The largest absolute Gasteiger partial charge is 0.387 e. The van der Waals surface area contributed by atoms with Crippen LogP contribution in [0.1, 0.15) is 24.5 Å². The molecule has 118 valence electrons. The number of aliphatic hydroxyl groups excluding tert-OH is 1. The first-order valence-corrected chi connectivity index (χ1v) is 8.36. The van der Waals surface area contributed by atoms with E-state index in [9.17, 15) is 9.90 Å². The number of carbonyl (C=O) groups is 1. The van der Waals surface area contributed by atoms with Gasteiger partial charge >= 0.3 is 0 Å². The average molecular weight is 311 g/mol. The van der Waals surface area contributed by atoms with Gasteiger partial charge in [-0.3, -0.25) is 9.69 Å². The summed E-state index contributed by atoms with van der Waals surface area (Å²) < 4.78 is 0. The van der Waals surface area contributed by atoms with E-state index in [1.807, 2.05) is 16.8 Å². The molecule has 1 aromatic heterocycles. The molecule has 1 unspecified atom stereocenters. The summed E-state index contributed by atoms with van der Waals surface area (Å²) in [5, 5.41) is 17.5. The van der Waals surface area contributed by atoms with E-state index in [0.717, 1.165) is 31.5 Å². The highest BCUT2D eigenvalue weighted by molar-refractivity contribution is 7.07. The Hall–Kier alpha value is -0.950. The van der Waals surface area contributed by atoms with Crippen molar-refractivity contribution < 1.29 is 9.90 Å². The van der Waals surface area contributed by atoms with E-state index in [-0.39, 0.29) is 5.91 Å². The molecule has 0 radical (unpaired) electrons. The van der Waals surface area contributed by atoms with E-state index >= 15 is 0 Å². The van der Waals surface area contributed by atoms with Crippen LogP contribution in [-0.4, -0.2) is 67.1 Å². The predicted octanol–water partition coefficient (Wildman–Crippen LogP) is 0.924. The van der Waals surface area contributed by atoms with Crippen molar-refractivity contribution in [1.29, 1.82) is 0 Å². The molecule has 0 aliphatic carbocycles. The minimum atomic E-state index is -0.426. The van der Waals surface area contributed by atoms with E-state index in [1.54, 1.807) is 30.3 Å². The Morgan fingerprint density at radius 1 is 1.52 bits per heavy atom. The summed E-state index contributed by atoms with van der Waals surface area (Å²) in [5.74, 6) is 0.161. The van der Waals surface area contributed by atoms with Gasteiger partial charge in [-0.15, -0.1) is 0 Å². The molecule has 5 nitrogen and oxygen atoms in total. The molecule has 6 heteroatoms. The SMILES string of the molecule is CN(C)C(=O)CN1CCC(NCC(O)c2ccsc2)CC1. The second kappa shape index (κ2) is 7.89. The number of hydrogen-bond acceptors (Lipinski definition) is 5. The van der Waals surface area contributed by atoms with Crippen LogP contribution in [0.2, 0.25) is 0 Å². The van der Waals surface area contributed by atoms with Crippen LogP contribution < -0.4 is 5.32 Å². The number of piperidine rings is 1. The first kappa shape index (κ1) is 16.4. The van der Waals surface area contributed by atoms with Crippen molar-refractivity contribution in [2.24, 2.45) is 0 Å². The standard InChI is InChI=1S/C15H25N3O2S/c1-17(2)15(20)10-18-6-3-13(4-7-18)16-9-14(19)12-5-8-21-11-12/h5,8,11,13-14,16,19H,3-4,6-7,9-10H2,1-2H3. The highest BCUT2D eigenvalue weighted by Crippen LogP contribution is 2.16. The molecule has 1 aromatic rings. The van der Waals surface area contributed by atoms with Crippen molar-refractivity contribution in [2.75, 3.05) is 40.3 Å². The lowest BCUT2D eigenvalue weighted by Gasteiger charge is -2.32. The van der Waals surface area contributed by atoms with Crippen LogP contribution in [0.4, 0.5) is 0 Å². The van der Waals surface area contributed by atoms with E-state index in [2.05, 4.69) is 10.2 Å². The number of thiophene rings is 1. The predicted molar refractivity (Wildman–Crippen MR) is 85.4 cm³/mol. The number of hydrogen-bond donors (Lipinski definition) is 2. The third-order valence-electron chi connectivity index (χ3n) is 3.97. The van der Waals surface area contributed by atoms with Crippen LogP contribution >= 0.6 is 11.3 Å². The molecular formula is C15H25N3O2S. The fourth-order valence-electron chi connectivity index (χ4n) is 2.49. The molecule has 2 N–H and O–H groups in total. The van der Waals surface area contributed by atoms with Crippen LogP contribution in [0.5, 0.6) is 0 Å². The van der Waals surface area contributed by atoms with Crippen molar-refractivity contribution in [2.45, 2.75) is 25.0 Å². The van der Waals surface area contributed by atoms with Crippen molar-refractivity contribution >= 4 is 17.2 Å². The van der Waals surface area contributed by atoms with Crippen LogP contribution in [0.3, 0.4) is 0 Å². The van der Waals surface area contributed by atoms with Gasteiger partial charge in [-0.25, -0.2) is 0 Å². The topological polar surface area (TPSA) is 55.8 Å². The van der Waals surface area contributed by atoms with Crippen LogP contribution in [-0.2, 0) is 4.79 Å². The van der Waals surface area contributed by atoms with Gasteiger partial charge in [0.05, 0.1) is 12.6 Å². The summed E-state index contributed by atoms with van der Waals surface area (Å²) in [6, 6.07) is 2.40. The molecule has 0 aromatic carbocycles. The molecule has 2 heterocycles. The Morgan fingerprint density at radius 3 is 2.81 bits per heavy atom. The molecule has 0 spiro atoms. The van der Waals surface area contributed by atoms with Gasteiger partial charge in [0.25, 0.3) is 0 Å². The summed E-state index contributed by atoms with van der Waals surface area (Å²) in [6.45, 7) is 2.98. The van der Waals surface area contributed by atoms with Crippen LogP contribution in [0, 0.1) is 0 Å². The maximum atomic E-state index is 11.7. The number of nitrogens with zero attached hydrogens (tertiary/aromatic N) is 2. The van der Waals surface area contributed by atoms with E-state index in [0.29, 0.717) is 19.1 Å². The van der Waals surface area contributed by atoms with Gasteiger partial charge in [0.1, 0.15) is 0 Å². The summed E-state index contributed by atoms with van der Waals surface area (Å²) in [5.41, 5.74) is 0.988. The fourth-order valence-corrected chi connectivity index (χ4v) is 3.20. The normalized spacial score (nSPS) is 18.6. The number of likely N-dealkylation sites (tertiary alicyclic amines) is 1. The maximum absolute atomic E-state index is 11.7. The van der Waals surface area contributed by atoms with E-state index < -0.39 is 6.10 Å². The lowest BCUT2D eigenvalue weighted by Crippen LogP contribution is -2.46. The maximum Gasteiger partial charge on any atom is 0.236 e. The minimum Gasteiger partial charge on any atom is -0.387 e. The number of rotatable bonds is 6. The molecule has 1 saturated heterocycles. The number of likely N-dealkylation sites (N-methyl/N-ethyl adjacent to an activating group) is 1. The van der Waals surface area contributed by atoms with Gasteiger partial charge in [-0.1, -0.05) is 0 Å². The molecular weight excluding hydrogens is 286 g/mol. The smallest absolute Gasteiger partial charge is 0.236 e. The zero-order valence-electron chi connectivity index (χ0n) is 12.8. The van der Waals surface area contributed by atoms with Gasteiger partial charge in [0.2, 0.25) is 5.91 Å². The molecule has 0 saturated carbocycles. The third-order valence-corrected chi connectivity index (χ3v) is 4.67. The molecule has 1 aliphatic heterocycles. The first-order valence-electron chi connectivity index (χ1n) is 7.42. The van der Waals surface area contributed by atoms with E-state index in [1.165, 1.54) is 0 Å². The van der Waals surface area contributed by atoms with Crippen molar-refractivity contribution in [3.8, 4) is 0 Å². The Kier molecular flexibility index (Phi) is 6.17. The third kappa shape index (κ3) is 5.07. The van der Waals surface area contributed by atoms with E-state index in [4.69, 9.17) is 0 Å². The summed E-state index contributed by atoms with van der Waals surface area (Å²) in [7, 11) is 3.59. The summed E-state index contributed by atoms with van der Waals surface area (Å²) in [6.07, 6.45) is 1.62. The Balaban J connectivity index is 1.66. The van der Waals surface area contributed by atoms with Crippen LogP contribution in [0.25, 0.3) is 0 Å². The first-order chi connectivity index (χ1) is 10.1. The van der Waals surface area contributed by atoms with Gasteiger partial charge in [0.15, 0.2) is 0 Å². The number of nitrogens with one attached hydrogen (secondary N) is 1.